The zero-order chi connectivity index (χ0) is 22.6. The van der Waals surface area contributed by atoms with Gasteiger partial charge in [0.1, 0.15) is 5.82 Å². The molecule has 7 heteroatoms. The number of benzene rings is 2. The Hall–Kier alpha value is -3.06. The maximum absolute atomic E-state index is 12.9. The van der Waals surface area contributed by atoms with Crippen LogP contribution in [-0.2, 0) is 4.74 Å². The smallest absolute Gasteiger partial charge is 0.163 e. The third kappa shape index (κ3) is 4.98. The number of morpholine rings is 1. The molecule has 2 aromatic heterocycles. The van der Waals surface area contributed by atoms with Crippen molar-refractivity contribution in [2.24, 2.45) is 0 Å². The number of hydrogen-bond donors (Lipinski definition) is 1. The summed E-state index contributed by atoms with van der Waals surface area (Å²) in [5.41, 5.74) is 2.30. The SMILES string of the molecule is O=C(CCCN1CCOCC1)c1ccc2c(c1)nc(Nc1cccc(Cl)c1)c1ccncc12. The van der Waals surface area contributed by atoms with Crippen molar-refractivity contribution in [3.05, 3.63) is 71.5 Å². The number of aromatic nitrogens is 2. The van der Waals surface area contributed by atoms with Crippen molar-refractivity contribution >= 4 is 50.6 Å². The van der Waals surface area contributed by atoms with Gasteiger partial charge in [0.05, 0.1) is 18.7 Å². The quantitative estimate of drug-likeness (QED) is 0.291. The van der Waals surface area contributed by atoms with Crippen molar-refractivity contribution < 1.29 is 9.53 Å². The third-order valence-corrected chi connectivity index (χ3v) is 6.22. The minimum Gasteiger partial charge on any atom is -0.379 e. The number of pyridine rings is 2. The second-order valence-corrected chi connectivity index (χ2v) is 8.67. The monoisotopic (exact) mass is 460 g/mol. The van der Waals surface area contributed by atoms with Gasteiger partial charge in [-0.25, -0.2) is 4.98 Å². The molecule has 0 radical (unpaired) electrons. The lowest BCUT2D eigenvalue weighted by molar-refractivity contribution is 0.0371. The van der Waals surface area contributed by atoms with Crippen molar-refractivity contribution in [3.63, 3.8) is 0 Å². The summed E-state index contributed by atoms with van der Waals surface area (Å²) in [7, 11) is 0. The van der Waals surface area contributed by atoms with Gasteiger partial charge in [-0.15, -0.1) is 0 Å². The number of Topliss-reactive ketones (excluding diaryl/α,β-unsaturated/α-hetero) is 1. The highest BCUT2D eigenvalue weighted by molar-refractivity contribution is 6.30. The van der Waals surface area contributed by atoms with Gasteiger partial charge in [-0.05, 0) is 43.3 Å². The molecule has 1 saturated heterocycles. The van der Waals surface area contributed by atoms with Crippen molar-refractivity contribution in [3.8, 4) is 0 Å². The Morgan fingerprint density at radius 3 is 2.79 bits per heavy atom. The summed E-state index contributed by atoms with van der Waals surface area (Å²) in [6, 6.07) is 15.2. The van der Waals surface area contributed by atoms with Crippen LogP contribution in [0.2, 0.25) is 5.02 Å². The molecule has 5 rings (SSSR count). The Labute approximate surface area is 197 Å². The highest BCUT2D eigenvalue weighted by Crippen LogP contribution is 2.31. The number of carbonyl (C=O) groups excluding carboxylic acids is 1. The van der Waals surface area contributed by atoms with Gasteiger partial charge in [-0.1, -0.05) is 29.8 Å². The molecular weight excluding hydrogens is 436 g/mol. The number of ketones is 1. The first-order valence-corrected chi connectivity index (χ1v) is 11.6. The lowest BCUT2D eigenvalue weighted by Gasteiger charge is -2.26. The van der Waals surface area contributed by atoms with E-state index in [0.29, 0.717) is 22.8 Å². The van der Waals surface area contributed by atoms with Crippen molar-refractivity contribution in [2.75, 3.05) is 38.2 Å². The number of fused-ring (bicyclic) bond motifs is 3. The molecule has 0 amide bonds. The number of nitrogens with zero attached hydrogens (tertiary/aromatic N) is 3. The molecule has 1 N–H and O–H groups in total. The van der Waals surface area contributed by atoms with Gasteiger partial charge < -0.3 is 10.1 Å². The van der Waals surface area contributed by atoms with E-state index in [1.807, 2.05) is 54.7 Å². The van der Waals surface area contributed by atoms with E-state index in [4.69, 9.17) is 21.3 Å². The molecule has 2 aromatic carbocycles. The Balaban J connectivity index is 1.41. The van der Waals surface area contributed by atoms with Crippen molar-refractivity contribution in [1.82, 2.24) is 14.9 Å². The summed E-state index contributed by atoms with van der Waals surface area (Å²) in [5.74, 6) is 0.849. The van der Waals surface area contributed by atoms with Crippen LogP contribution in [0.5, 0.6) is 0 Å². The molecule has 33 heavy (non-hydrogen) atoms. The summed E-state index contributed by atoms with van der Waals surface area (Å²) in [5, 5.41) is 6.94. The molecule has 0 saturated carbocycles. The molecule has 0 atom stereocenters. The standard InChI is InChI=1S/C26H25ClN4O2/c27-19-3-1-4-20(16-19)29-26-22-8-9-28-17-23(22)21-7-6-18(15-24(21)30-26)25(32)5-2-10-31-11-13-33-14-12-31/h1,3-4,6-9,15-17H,2,5,10-14H2,(H,29,30). The first-order chi connectivity index (χ1) is 16.2. The van der Waals surface area contributed by atoms with Crippen LogP contribution in [0.1, 0.15) is 23.2 Å². The predicted octanol–water partition coefficient (Wildman–Crippen LogP) is 5.48. The normalized spacial score (nSPS) is 14.6. The van der Waals surface area contributed by atoms with Crippen LogP contribution in [0.4, 0.5) is 11.5 Å². The van der Waals surface area contributed by atoms with E-state index in [0.717, 1.165) is 66.6 Å². The summed E-state index contributed by atoms with van der Waals surface area (Å²) < 4.78 is 5.39. The highest BCUT2D eigenvalue weighted by atomic mass is 35.5. The number of halogens is 1. The van der Waals surface area contributed by atoms with E-state index in [2.05, 4.69) is 15.2 Å². The lowest BCUT2D eigenvalue weighted by Crippen LogP contribution is -2.36. The highest BCUT2D eigenvalue weighted by Gasteiger charge is 2.14. The molecule has 0 bridgehead atoms. The van der Waals surface area contributed by atoms with Gasteiger partial charge in [0, 0.05) is 64.3 Å². The molecular formula is C26H25ClN4O2. The molecule has 1 aliphatic rings. The molecule has 0 aliphatic carbocycles. The Bertz CT molecular complexity index is 1300. The molecule has 6 nitrogen and oxygen atoms in total. The Morgan fingerprint density at radius 2 is 1.94 bits per heavy atom. The number of nitrogens with one attached hydrogen (secondary N) is 1. The van der Waals surface area contributed by atoms with Crippen LogP contribution in [0.25, 0.3) is 21.7 Å². The maximum Gasteiger partial charge on any atom is 0.163 e. The van der Waals surface area contributed by atoms with Crippen molar-refractivity contribution in [1.29, 1.82) is 0 Å². The van der Waals surface area contributed by atoms with Gasteiger partial charge in [0.15, 0.2) is 5.78 Å². The van der Waals surface area contributed by atoms with Crippen LogP contribution in [0.3, 0.4) is 0 Å². The van der Waals surface area contributed by atoms with Gasteiger partial charge in [0.2, 0.25) is 0 Å². The topological polar surface area (TPSA) is 67.4 Å². The van der Waals surface area contributed by atoms with Crippen molar-refractivity contribution in [2.45, 2.75) is 12.8 Å². The fraction of sp³-hybridized carbons (Fsp3) is 0.269. The molecule has 0 unspecified atom stereocenters. The lowest BCUT2D eigenvalue weighted by atomic mass is 10.0. The Morgan fingerprint density at radius 1 is 1.06 bits per heavy atom. The molecule has 168 valence electrons. The van der Waals surface area contributed by atoms with Crippen LogP contribution >= 0.6 is 11.6 Å². The zero-order valence-corrected chi connectivity index (χ0v) is 19.0. The minimum absolute atomic E-state index is 0.141. The van der Waals surface area contributed by atoms with Gasteiger partial charge in [-0.2, -0.15) is 0 Å². The van der Waals surface area contributed by atoms with Gasteiger partial charge >= 0.3 is 0 Å². The van der Waals surface area contributed by atoms with E-state index in [1.165, 1.54) is 0 Å². The molecule has 4 aromatic rings. The largest absolute Gasteiger partial charge is 0.379 e. The number of rotatable bonds is 7. The first-order valence-electron chi connectivity index (χ1n) is 11.2. The number of hydrogen-bond acceptors (Lipinski definition) is 6. The van der Waals surface area contributed by atoms with Crippen LogP contribution in [0.15, 0.2) is 60.9 Å². The average molecular weight is 461 g/mol. The van der Waals surface area contributed by atoms with E-state index >= 15 is 0 Å². The number of carbonyl (C=O) groups is 1. The maximum atomic E-state index is 12.9. The third-order valence-electron chi connectivity index (χ3n) is 5.99. The molecule has 1 aliphatic heterocycles. The van der Waals surface area contributed by atoms with E-state index in [1.54, 1.807) is 6.20 Å². The minimum atomic E-state index is 0.141. The summed E-state index contributed by atoms with van der Waals surface area (Å²) in [4.78, 5) is 24.4. The summed E-state index contributed by atoms with van der Waals surface area (Å²) in [6.07, 6.45) is 4.96. The molecule has 1 fully saturated rings. The van der Waals surface area contributed by atoms with Gasteiger partial charge in [0.25, 0.3) is 0 Å². The summed E-state index contributed by atoms with van der Waals surface area (Å²) in [6.45, 7) is 4.36. The van der Waals surface area contributed by atoms with Crippen LogP contribution in [0, 0.1) is 0 Å². The Kier molecular flexibility index (Phi) is 6.48. The van der Waals surface area contributed by atoms with E-state index in [9.17, 15) is 4.79 Å². The second-order valence-electron chi connectivity index (χ2n) is 8.23. The fourth-order valence-corrected chi connectivity index (χ4v) is 4.44. The second kappa shape index (κ2) is 9.83. The zero-order valence-electron chi connectivity index (χ0n) is 18.3. The van der Waals surface area contributed by atoms with Crippen LogP contribution < -0.4 is 5.32 Å². The molecule has 3 heterocycles. The number of ether oxygens (including phenoxy) is 1. The average Bonchev–Trinajstić information content (AvgIpc) is 2.84. The number of anilines is 2. The van der Waals surface area contributed by atoms with E-state index in [-0.39, 0.29) is 5.78 Å². The molecule has 0 spiro atoms. The van der Waals surface area contributed by atoms with Gasteiger partial charge in [-0.3, -0.25) is 14.7 Å². The fourth-order valence-electron chi connectivity index (χ4n) is 4.25. The van der Waals surface area contributed by atoms with E-state index < -0.39 is 0 Å². The first kappa shape index (κ1) is 21.8. The summed E-state index contributed by atoms with van der Waals surface area (Å²) >= 11 is 6.15. The van der Waals surface area contributed by atoms with Crippen LogP contribution in [-0.4, -0.2) is 53.5 Å². The predicted molar refractivity (Wildman–Crippen MR) is 133 cm³/mol.